The Hall–Kier alpha value is -2.39. The van der Waals surface area contributed by atoms with E-state index in [2.05, 4.69) is 0 Å². The van der Waals surface area contributed by atoms with Gasteiger partial charge < -0.3 is 4.90 Å². The lowest BCUT2D eigenvalue weighted by atomic mass is 10.00. The quantitative estimate of drug-likeness (QED) is 0.709. The molecular formula is C21H23F3N2O3S. The van der Waals surface area contributed by atoms with Crippen molar-refractivity contribution in [1.82, 2.24) is 9.21 Å². The van der Waals surface area contributed by atoms with Gasteiger partial charge in [-0.2, -0.15) is 17.5 Å². The smallest absolute Gasteiger partial charge is 0.330 e. The van der Waals surface area contributed by atoms with Crippen molar-refractivity contribution in [3.8, 4) is 0 Å². The van der Waals surface area contributed by atoms with Crippen LogP contribution in [0.25, 0.3) is 0 Å². The first-order valence-corrected chi connectivity index (χ1v) is 11.0. The van der Waals surface area contributed by atoms with Gasteiger partial charge in [0, 0.05) is 25.7 Å². The molecule has 0 saturated carbocycles. The Balaban J connectivity index is 1.91. The lowest BCUT2D eigenvalue weighted by Gasteiger charge is -2.31. The van der Waals surface area contributed by atoms with E-state index in [-0.39, 0.29) is 31.0 Å². The van der Waals surface area contributed by atoms with Gasteiger partial charge in [-0.15, -0.1) is 0 Å². The van der Waals surface area contributed by atoms with Gasteiger partial charge in [0.2, 0.25) is 10.0 Å². The summed E-state index contributed by atoms with van der Waals surface area (Å²) < 4.78 is 66.3. The van der Waals surface area contributed by atoms with Crippen molar-refractivity contribution in [3.63, 3.8) is 0 Å². The minimum Gasteiger partial charge on any atom is -0.330 e. The van der Waals surface area contributed by atoms with Crippen LogP contribution in [0.2, 0.25) is 0 Å². The molecule has 0 fully saturated rings. The monoisotopic (exact) mass is 440 g/mol. The van der Waals surface area contributed by atoms with E-state index in [0.717, 1.165) is 11.1 Å². The van der Waals surface area contributed by atoms with Gasteiger partial charge in [0.25, 0.3) is 0 Å². The van der Waals surface area contributed by atoms with E-state index < -0.39 is 28.1 Å². The molecule has 9 heteroatoms. The molecule has 1 unspecified atom stereocenters. The first kappa shape index (κ1) is 22.3. The number of fused-ring (bicyclic) bond motifs is 1. The minimum absolute atomic E-state index is 0.00666. The summed E-state index contributed by atoms with van der Waals surface area (Å²) in [5.41, 5.74) is 2.01. The highest BCUT2D eigenvalue weighted by molar-refractivity contribution is 7.89. The van der Waals surface area contributed by atoms with Gasteiger partial charge in [0.15, 0.2) is 0 Å². The molecule has 0 aromatic heterocycles. The summed E-state index contributed by atoms with van der Waals surface area (Å²) >= 11 is 0. The van der Waals surface area contributed by atoms with Crippen LogP contribution in [0, 0.1) is 0 Å². The highest BCUT2D eigenvalue weighted by Crippen LogP contribution is 2.30. The molecule has 1 amide bonds. The summed E-state index contributed by atoms with van der Waals surface area (Å²) in [4.78, 5) is 12.3. The van der Waals surface area contributed by atoms with Crippen LogP contribution in [-0.4, -0.2) is 42.8 Å². The van der Waals surface area contributed by atoms with Gasteiger partial charge >= 0.3 is 12.1 Å². The zero-order valence-electron chi connectivity index (χ0n) is 16.7. The molecule has 3 rings (SSSR count). The largest absolute Gasteiger partial charge is 0.471 e. The molecule has 162 valence electrons. The summed E-state index contributed by atoms with van der Waals surface area (Å²) in [6, 6.07) is 13.3. The second-order valence-electron chi connectivity index (χ2n) is 7.20. The second kappa shape index (κ2) is 8.39. The van der Waals surface area contributed by atoms with Gasteiger partial charge in [-0.1, -0.05) is 43.3 Å². The average Bonchev–Trinajstić information content (AvgIpc) is 2.72. The van der Waals surface area contributed by atoms with Gasteiger partial charge in [0.05, 0.1) is 4.90 Å². The molecule has 1 aliphatic heterocycles. The predicted molar refractivity (Wildman–Crippen MR) is 106 cm³/mol. The molecule has 2 aromatic rings. The summed E-state index contributed by atoms with van der Waals surface area (Å²) in [5, 5.41) is 0. The fraction of sp³-hybridized carbons (Fsp3) is 0.381. The summed E-state index contributed by atoms with van der Waals surface area (Å²) in [6.45, 7) is 3.44. The zero-order valence-corrected chi connectivity index (χ0v) is 17.5. The lowest BCUT2D eigenvalue weighted by Crippen LogP contribution is -2.43. The SMILES string of the molecule is CCN(C(C)c1ccccc1)S(=O)(=O)c1ccc2c(c1)CN(C(=O)C(F)(F)F)CC2. The van der Waals surface area contributed by atoms with E-state index in [1.807, 2.05) is 30.3 Å². The van der Waals surface area contributed by atoms with Crippen LogP contribution in [0.3, 0.4) is 0 Å². The molecule has 1 heterocycles. The predicted octanol–water partition coefficient (Wildman–Crippen LogP) is 3.91. The number of hydrogen-bond acceptors (Lipinski definition) is 3. The zero-order chi connectivity index (χ0) is 22.1. The normalized spacial score (nSPS) is 15.7. The summed E-state index contributed by atoms with van der Waals surface area (Å²) in [5.74, 6) is -1.91. The van der Waals surface area contributed by atoms with Crippen molar-refractivity contribution in [2.45, 2.75) is 43.9 Å². The molecule has 0 spiro atoms. The molecule has 0 saturated heterocycles. The van der Waals surface area contributed by atoms with E-state index in [9.17, 15) is 26.4 Å². The third-order valence-corrected chi connectivity index (χ3v) is 7.39. The molecule has 1 aliphatic rings. The highest BCUT2D eigenvalue weighted by atomic mass is 32.2. The summed E-state index contributed by atoms with van der Waals surface area (Å²) in [7, 11) is -3.89. The Morgan fingerprint density at radius 1 is 1.13 bits per heavy atom. The number of rotatable bonds is 5. The number of carbonyl (C=O) groups excluding carboxylic acids is 1. The van der Waals surface area contributed by atoms with Crippen LogP contribution in [0.15, 0.2) is 53.4 Å². The topological polar surface area (TPSA) is 57.7 Å². The maximum Gasteiger partial charge on any atom is 0.471 e. The standard InChI is InChI=1S/C21H23F3N2O3S/c1-3-26(15(2)16-7-5-4-6-8-16)30(28,29)19-10-9-17-11-12-25(14-18(17)13-19)20(27)21(22,23)24/h4-10,13,15H,3,11-12,14H2,1-2H3. The molecule has 1 atom stereocenters. The van der Waals surface area contributed by atoms with E-state index in [0.29, 0.717) is 10.5 Å². The van der Waals surface area contributed by atoms with Crippen molar-refractivity contribution in [2.75, 3.05) is 13.1 Å². The second-order valence-corrected chi connectivity index (χ2v) is 9.09. The maximum atomic E-state index is 13.3. The van der Waals surface area contributed by atoms with E-state index in [4.69, 9.17) is 0 Å². The van der Waals surface area contributed by atoms with Crippen molar-refractivity contribution in [2.24, 2.45) is 0 Å². The van der Waals surface area contributed by atoms with Gasteiger partial charge in [-0.05, 0) is 42.2 Å². The first-order chi connectivity index (χ1) is 14.1. The number of nitrogens with zero attached hydrogens (tertiary/aromatic N) is 2. The van der Waals surface area contributed by atoms with Gasteiger partial charge in [-0.3, -0.25) is 4.79 Å². The molecular weight excluding hydrogens is 417 g/mol. The molecule has 0 aliphatic carbocycles. The number of sulfonamides is 1. The van der Waals surface area contributed by atoms with Crippen LogP contribution in [0.1, 0.15) is 36.6 Å². The molecule has 0 N–H and O–H groups in total. The van der Waals surface area contributed by atoms with Crippen LogP contribution in [0.4, 0.5) is 13.2 Å². The highest BCUT2D eigenvalue weighted by Gasteiger charge is 2.43. The van der Waals surface area contributed by atoms with Crippen molar-refractivity contribution >= 4 is 15.9 Å². The number of benzene rings is 2. The van der Waals surface area contributed by atoms with Crippen LogP contribution in [0.5, 0.6) is 0 Å². The van der Waals surface area contributed by atoms with E-state index >= 15 is 0 Å². The van der Waals surface area contributed by atoms with Crippen LogP contribution in [-0.2, 0) is 27.8 Å². The average molecular weight is 440 g/mol. The Morgan fingerprint density at radius 3 is 2.40 bits per heavy atom. The number of alkyl halides is 3. The van der Waals surface area contributed by atoms with Crippen molar-refractivity contribution in [1.29, 1.82) is 0 Å². The third kappa shape index (κ3) is 4.37. The number of amides is 1. The molecule has 2 aromatic carbocycles. The molecule has 5 nitrogen and oxygen atoms in total. The van der Waals surface area contributed by atoms with Crippen molar-refractivity contribution in [3.05, 3.63) is 65.2 Å². The molecule has 0 bridgehead atoms. The maximum absolute atomic E-state index is 13.3. The Morgan fingerprint density at radius 2 is 1.80 bits per heavy atom. The van der Waals surface area contributed by atoms with Gasteiger partial charge in [0.1, 0.15) is 0 Å². The number of hydrogen-bond donors (Lipinski definition) is 0. The molecule has 30 heavy (non-hydrogen) atoms. The first-order valence-electron chi connectivity index (χ1n) is 9.60. The van der Waals surface area contributed by atoms with E-state index in [1.54, 1.807) is 19.9 Å². The Bertz CT molecular complexity index is 1020. The van der Waals surface area contributed by atoms with Crippen molar-refractivity contribution < 1.29 is 26.4 Å². The van der Waals surface area contributed by atoms with E-state index in [1.165, 1.54) is 16.4 Å². The fourth-order valence-corrected chi connectivity index (χ4v) is 5.41. The number of carbonyl (C=O) groups is 1. The number of halogens is 3. The lowest BCUT2D eigenvalue weighted by molar-refractivity contribution is -0.186. The Kier molecular flexibility index (Phi) is 6.24. The van der Waals surface area contributed by atoms with Crippen LogP contribution >= 0.6 is 0 Å². The Labute approximate surface area is 174 Å². The minimum atomic E-state index is -4.95. The summed E-state index contributed by atoms with van der Waals surface area (Å²) in [6.07, 6.45) is -4.71. The third-order valence-electron chi connectivity index (χ3n) is 5.35. The van der Waals surface area contributed by atoms with Gasteiger partial charge in [-0.25, -0.2) is 8.42 Å². The van der Waals surface area contributed by atoms with Crippen LogP contribution < -0.4 is 0 Å². The fourth-order valence-electron chi connectivity index (χ4n) is 3.73. The molecule has 0 radical (unpaired) electrons.